The molecule has 9 atom stereocenters. The lowest BCUT2D eigenvalue weighted by Gasteiger charge is -2.24. The van der Waals surface area contributed by atoms with Gasteiger partial charge in [0.15, 0.2) is 0 Å². The number of nitrogens with one attached hydrogen (secondary N) is 3. The van der Waals surface area contributed by atoms with Gasteiger partial charge >= 0.3 is 33.1 Å². The number of amides is 1. The van der Waals surface area contributed by atoms with Crippen LogP contribution >= 0.6 is 15.6 Å². The monoisotopic (exact) mass is 817 g/mol. The first-order chi connectivity index (χ1) is 26.0. The average Bonchev–Trinajstić information content (AvgIpc) is 3.67. The number of aliphatic hydroxyl groups is 1. The molecule has 0 aliphatic heterocycles. The summed E-state index contributed by atoms with van der Waals surface area (Å²) in [6, 6.07) is -1.21. The van der Waals surface area contributed by atoms with Crippen molar-refractivity contribution in [3.8, 4) is 0 Å². The lowest BCUT2D eigenvalue weighted by molar-refractivity contribution is 0.0401. The summed E-state index contributed by atoms with van der Waals surface area (Å²) in [7, 11) is -9.61. The minimum Gasteiger partial charge on any atom is -0.446 e. The number of H-pyrrole nitrogens is 2. The Labute approximate surface area is 315 Å². The molecule has 6 N–H and O–H groups in total. The molecule has 2 aromatic heterocycles. The van der Waals surface area contributed by atoms with Crippen molar-refractivity contribution in [3.63, 3.8) is 0 Å². The zero-order valence-corrected chi connectivity index (χ0v) is 32.4. The van der Waals surface area contributed by atoms with Gasteiger partial charge in [0.05, 0.1) is 32.0 Å². The van der Waals surface area contributed by atoms with Gasteiger partial charge in [-0.05, 0) is 71.6 Å². The molecular weight excluding hydrogens is 768 g/mol. The molecule has 0 radical (unpaired) electrons. The zero-order valence-electron chi connectivity index (χ0n) is 30.6. The molecule has 55 heavy (non-hydrogen) atoms. The van der Waals surface area contributed by atoms with E-state index < -0.39 is 100 Å². The Kier molecular flexibility index (Phi) is 14.5. The highest BCUT2D eigenvalue weighted by Gasteiger charge is 2.43. The second-order valence-electron chi connectivity index (χ2n) is 14.2. The number of nitrogens with zero attached hydrogens (tertiary/aromatic N) is 2. The number of rotatable bonds is 15. The maximum atomic E-state index is 13.3. The fourth-order valence-corrected chi connectivity index (χ4v) is 8.97. The van der Waals surface area contributed by atoms with Crippen molar-refractivity contribution in [2.24, 2.45) is 11.8 Å². The number of ether oxygens (including phenoxy) is 1. The molecule has 0 aromatic carbocycles. The van der Waals surface area contributed by atoms with E-state index >= 15 is 0 Å². The molecule has 306 valence electrons. The quantitative estimate of drug-likeness (QED) is 0.0854. The highest BCUT2D eigenvalue weighted by molar-refractivity contribution is 7.47. The predicted octanol–water partition coefficient (Wildman–Crippen LogP) is 2.22. The molecule has 5 rings (SSSR count). The minimum absolute atomic E-state index is 0.0523. The molecule has 0 spiro atoms. The van der Waals surface area contributed by atoms with E-state index in [9.17, 15) is 48.0 Å². The molecular formula is C33H49N5O15P2. The Bertz CT molecular complexity index is 2030. The van der Waals surface area contributed by atoms with Gasteiger partial charge in [-0.3, -0.25) is 46.8 Å². The Balaban J connectivity index is 1.17. The Morgan fingerprint density at radius 2 is 1.40 bits per heavy atom. The van der Waals surface area contributed by atoms with Crippen LogP contribution in [-0.2, 0) is 32.0 Å². The summed E-state index contributed by atoms with van der Waals surface area (Å²) in [5.74, 6) is -1.54. The molecule has 0 saturated heterocycles. The molecule has 2 fully saturated rings. The lowest BCUT2D eigenvalue weighted by Crippen LogP contribution is -2.32. The van der Waals surface area contributed by atoms with Gasteiger partial charge in [-0.25, -0.2) is 23.5 Å². The number of aryl methyl sites for hydroxylation is 2. The number of allylic oxidation sites excluding steroid dienone is 2. The fraction of sp³-hybridized carbons (Fsp3) is 0.667. The molecule has 5 unspecified atom stereocenters. The van der Waals surface area contributed by atoms with Crippen molar-refractivity contribution in [1.82, 2.24) is 24.4 Å². The zero-order chi connectivity index (χ0) is 39.9. The SMILES string of the molecule is Cc1cn([C@H]2CC(O)[C@@H](COP(=O)(O)OC3C[C@H](n4cc(C)c(=O)[nH]c4=O)C[C@@H]3COP(=O)(O)OCCNC(=O)OC3CC/C=C/CCC3)C2)c(=O)[nH]c1=O. The van der Waals surface area contributed by atoms with Crippen molar-refractivity contribution in [2.45, 2.75) is 102 Å². The highest BCUT2D eigenvalue weighted by Crippen LogP contribution is 2.52. The van der Waals surface area contributed by atoms with E-state index in [1.165, 1.54) is 35.4 Å². The second kappa shape index (κ2) is 18.7. The van der Waals surface area contributed by atoms with Crippen molar-refractivity contribution in [3.05, 3.63) is 77.3 Å². The Morgan fingerprint density at radius 3 is 2.07 bits per heavy atom. The standard InChI is InChI=1S/C33H49N5O15P2/c1-20-16-37(31(42)35-29(20)40)24-12-22(27(39)14-24)18-51-55(47,48)53-28-15-25(38-17-21(2)30(41)36-32(38)43)13-23(28)19-50-54(45,46)49-11-10-34-33(44)52-26-8-6-4-3-5-7-9-26/h3-4,16-17,22-28,39H,5-15,18-19H2,1-2H3,(H,34,44)(H,45,46)(H,47,48)(H,35,40,42)(H,36,41,43)/b4-3+/t22-,23-,24-,25-,26?,27?,28?/m1/s1. The summed E-state index contributed by atoms with van der Waals surface area (Å²) in [4.78, 5) is 86.7. The van der Waals surface area contributed by atoms with E-state index in [0.717, 1.165) is 25.7 Å². The first-order valence-electron chi connectivity index (χ1n) is 18.2. The summed E-state index contributed by atoms with van der Waals surface area (Å²) >= 11 is 0. The van der Waals surface area contributed by atoms with Gasteiger partial charge in [0.2, 0.25) is 0 Å². The normalized spacial score (nSPS) is 28.4. The van der Waals surface area contributed by atoms with E-state index in [1.807, 2.05) is 6.08 Å². The van der Waals surface area contributed by atoms with Crippen molar-refractivity contribution in [2.75, 3.05) is 26.4 Å². The number of hydrogen-bond acceptors (Lipinski definition) is 13. The van der Waals surface area contributed by atoms with Crippen LogP contribution in [0.15, 0.2) is 43.7 Å². The number of phosphoric ester groups is 2. The van der Waals surface area contributed by atoms with Crippen LogP contribution in [0, 0.1) is 25.7 Å². The highest BCUT2D eigenvalue weighted by atomic mass is 31.2. The summed E-state index contributed by atoms with van der Waals surface area (Å²) in [6.07, 6.45) is 8.05. The van der Waals surface area contributed by atoms with Gasteiger partial charge in [-0.1, -0.05) is 12.2 Å². The molecule has 0 bridgehead atoms. The fourth-order valence-electron chi connectivity index (χ4n) is 7.15. The molecule has 2 heterocycles. The third-order valence-corrected chi connectivity index (χ3v) is 12.1. The van der Waals surface area contributed by atoms with Gasteiger partial charge in [-0.2, -0.15) is 0 Å². The maximum absolute atomic E-state index is 13.3. The number of aromatic amines is 2. The van der Waals surface area contributed by atoms with Gasteiger partial charge in [0, 0.05) is 54.0 Å². The number of phosphoric acid groups is 2. The van der Waals surface area contributed by atoms with E-state index in [0.29, 0.717) is 12.0 Å². The molecule has 20 nitrogen and oxygen atoms in total. The molecule has 22 heteroatoms. The van der Waals surface area contributed by atoms with Gasteiger partial charge in [-0.15, -0.1) is 0 Å². The van der Waals surface area contributed by atoms with E-state index in [-0.39, 0.29) is 43.9 Å². The summed E-state index contributed by atoms with van der Waals surface area (Å²) in [5.41, 5.74) is -1.98. The van der Waals surface area contributed by atoms with Crippen LogP contribution in [0.2, 0.25) is 0 Å². The molecule has 2 aromatic rings. The Morgan fingerprint density at radius 1 is 0.818 bits per heavy atom. The third kappa shape index (κ3) is 12.0. The second-order valence-corrected chi connectivity index (χ2v) is 17.1. The first-order valence-corrected chi connectivity index (χ1v) is 21.2. The smallest absolute Gasteiger partial charge is 0.446 e. The summed E-state index contributed by atoms with van der Waals surface area (Å²) in [6.45, 7) is 1.51. The number of carbonyl (C=O) groups is 1. The third-order valence-electron chi connectivity index (χ3n) is 10.1. The van der Waals surface area contributed by atoms with Crippen LogP contribution in [0.25, 0.3) is 0 Å². The number of aromatic nitrogens is 4. The predicted molar refractivity (Wildman–Crippen MR) is 195 cm³/mol. The van der Waals surface area contributed by atoms with Gasteiger partial charge in [0.25, 0.3) is 11.1 Å². The molecule has 2 saturated carbocycles. The minimum atomic E-state index is -4.88. The Hall–Kier alpha value is -3.45. The van der Waals surface area contributed by atoms with E-state index in [1.54, 1.807) is 0 Å². The van der Waals surface area contributed by atoms with Gasteiger partial charge in [0.1, 0.15) is 6.10 Å². The average molecular weight is 818 g/mol. The largest absolute Gasteiger partial charge is 0.472 e. The van der Waals surface area contributed by atoms with Crippen molar-refractivity contribution < 1.29 is 51.6 Å². The topological polar surface area (TPSA) is 280 Å². The molecule has 3 aliphatic carbocycles. The van der Waals surface area contributed by atoms with Crippen LogP contribution < -0.4 is 27.8 Å². The summed E-state index contributed by atoms with van der Waals surface area (Å²) < 4.78 is 55.1. The van der Waals surface area contributed by atoms with Crippen LogP contribution in [0.3, 0.4) is 0 Å². The van der Waals surface area contributed by atoms with Crippen LogP contribution in [0.4, 0.5) is 4.79 Å². The van der Waals surface area contributed by atoms with Crippen molar-refractivity contribution in [1.29, 1.82) is 0 Å². The maximum Gasteiger partial charge on any atom is 0.472 e. The number of carbonyl (C=O) groups excluding carboxylic acids is 1. The lowest BCUT2D eigenvalue weighted by atomic mass is 10.0. The number of hydrogen-bond donors (Lipinski definition) is 6. The van der Waals surface area contributed by atoms with E-state index in [2.05, 4.69) is 21.4 Å². The molecule has 3 aliphatic rings. The van der Waals surface area contributed by atoms with Crippen molar-refractivity contribution >= 4 is 21.7 Å². The summed E-state index contributed by atoms with van der Waals surface area (Å²) in [5, 5.41) is 13.2. The number of aliphatic hydroxyl groups excluding tert-OH is 1. The molecule has 1 amide bonds. The van der Waals surface area contributed by atoms with Crippen LogP contribution in [-0.4, -0.2) is 84.8 Å². The van der Waals surface area contributed by atoms with E-state index in [4.69, 9.17) is 22.8 Å². The first kappa shape index (κ1) is 42.7. The van der Waals surface area contributed by atoms with Crippen LogP contribution in [0.5, 0.6) is 0 Å². The van der Waals surface area contributed by atoms with Gasteiger partial charge < -0.3 is 24.9 Å². The van der Waals surface area contributed by atoms with Crippen LogP contribution in [0.1, 0.15) is 81.0 Å². The number of alkyl carbamates (subject to hydrolysis) is 1.